The maximum atomic E-state index is 14.6. The molecule has 8 aromatic heterocycles. The van der Waals surface area contributed by atoms with E-state index in [0.29, 0.717) is 38.9 Å². The van der Waals surface area contributed by atoms with E-state index in [1.54, 1.807) is 43.4 Å². The van der Waals surface area contributed by atoms with Crippen LogP contribution in [0.15, 0.2) is 127 Å². The largest absolute Gasteiger partial charge is 0.465 e. The number of hydrogen-bond donors (Lipinski definition) is 2. The lowest BCUT2D eigenvalue weighted by molar-refractivity contribution is 0.123. The number of aromatic nitrogens is 6. The molecular weight excluding hydrogens is 934 g/mol. The van der Waals surface area contributed by atoms with Crippen LogP contribution in [0.4, 0.5) is 13.6 Å². The van der Waals surface area contributed by atoms with Crippen LogP contribution in [-0.2, 0) is 33.1 Å². The number of pyridine rings is 2. The highest BCUT2D eigenvalue weighted by molar-refractivity contribution is 7.92. The van der Waals surface area contributed by atoms with Gasteiger partial charge in [-0.25, -0.2) is 22.7 Å². The van der Waals surface area contributed by atoms with Crippen molar-refractivity contribution >= 4 is 61.2 Å². The van der Waals surface area contributed by atoms with Crippen LogP contribution in [0.1, 0.15) is 31.9 Å². The number of amides is 1. The first-order valence-corrected chi connectivity index (χ1v) is 23.3. The molecule has 0 atom stereocenters. The Kier molecular flexibility index (Phi) is 14.4. The van der Waals surface area contributed by atoms with Crippen molar-refractivity contribution in [1.82, 2.24) is 38.4 Å². The lowest BCUT2D eigenvalue weighted by Crippen LogP contribution is -2.36. The Labute approximate surface area is 380 Å². The molecular formula is C41H39ClF2N8O8S4. The monoisotopic (exact) mass is 972 g/mol. The SMILES string of the molecule is CC(C)(C)CN(Cc1cc(-c2cccnc2F)n(S(=O)(=O)c2ccc(-c3ccno3)s2)c1)C(=O)O.CNCc1cc(-c2cccnc2F)n(S(=O)(=O)c2ccc(-c3ccno3)s2)c1.Cl. The van der Waals surface area contributed by atoms with E-state index in [4.69, 9.17) is 9.05 Å². The second-order valence-electron chi connectivity index (χ2n) is 15.0. The van der Waals surface area contributed by atoms with E-state index in [9.17, 15) is 35.5 Å². The molecule has 64 heavy (non-hydrogen) atoms. The molecule has 0 bridgehead atoms. The molecule has 0 aliphatic heterocycles. The number of halogens is 3. The van der Waals surface area contributed by atoms with E-state index in [2.05, 4.69) is 25.6 Å². The average Bonchev–Trinajstić information content (AvgIpc) is 4.09. The standard InChI is InChI=1S/C23H23FN4O5S2.C18H15FN4O3S2.ClH/c1-23(2,3)14-27(22(29)30)12-15-11-17(16-5-4-9-25-21(16)24)28(13-15)35(31,32)20-7-6-19(34-20)18-8-10-26-33-18;1-20-10-12-9-14(13-3-2-7-21-18(13)19)23(11-12)28(24,25)17-5-4-16(27-17)15-6-8-22-26-15;/h4-11,13H,12,14H2,1-3H3,(H,29,30);2-9,11,20H,10H2,1H3;1H. The van der Waals surface area contributed by atoms with Crippen LogP contribution in [-0.4, -0.2) is 74.8 Å². The average molecular weight is 974 g/mol. The van der Waals surface area contributed by atoms with E-state index >= 15 is 0 Å². The quantitative estimate of drug-likeness (QED) is 0.104. The molecule has 336 valence electrons. The molecule has 0 fully saturated rings. The molecule has 0 spiro atoms. The Balaban J connectivity index is 0.000000214. The van der Waals surface area contributed by atoms with Gasteiger partial charge in [-0.15, -0.1) is 35.1 Å². The number of nitrogens with zero attached hydrogens (tertiary/aromatic N) is 7. The fraction of sp³-hybridized carbons (Fsp3) is 0.195. The van der Waals surface area contributed by atoms with Crippen LogP contribution >= 0.6 is 35.1 Å². The molecule has 0 aliphatic carbocycles. The van der Waals surface area contributed by atoms with E-state index < -0.39 is 38.0 Å². The number of hydrogen-bond acceptors (Lipinski definition) is 14. The van der Waals surface area contributed by atoms with E-state index in [1.165, 1.54) is 78.5 Å². The van der Waals surface area contributed by atoms with Gasteiger partial charge in [-0.1, -0.05) is 31.1 Å². The minimum atomic E-state index is -4.16. The highest BCUT2D eigenvalue weighted by Crippen LogP contribution is 2.37. The number of carbonyl (C=O) groups is 1. The summed E-state index contributed by atoms with van der Waals surface area (Å²) in [6.45, 7) is 6.29. The second kappa shape index (κ2) is 19.4. The molecule has 0 aliphatic rings. The summed E-state index contributed by atoms with van der Waals surface area (Å²) in [4.78, 5) is 21.5. The highest BCUT2D eigenvalue weighted by Gasteiger charge is 2.29. The van der Waals surface area contributed by atoms with Crippen molar-refractivity contribution in [3.05, 3.63) is 133 Å². The Morgan fingerprint density at radius 3 is 1.62 bits per heavy atom. The molecule has 16 nitrogen and oxygen atoms in total. The Bertz CT molecular complexity index is 3090. The topological polar surface area (TPSA) is 209 Å². The Hall–Kier alpha value is -6.04. The van der Waals surface area contributed by atoms with Gasteiger partial charge in [0.15, 0.2) is 11.5 Å². The third-order valence-electron chi connectivity index (χ3n) is 9.00. The Morgan fingerprint density at radius 2 is 1.22 bits per heavy atom. The third kappa shape index (κ3) is 10.3. The number of carboxylic acid groups (broad SMARTS) is 1. The molecule has 8 heterocycles. The molecule has 23 heteroatoms. The molecule has 1 amide bonds. The zero-order valence-electron chi connectivity index (χ0n) is 34.2. The second-order valence-corrected chi connectivity index (χ2v) is 21.2. The molecule has 8 rings (SSSR count). The molecule has 0 saturated carbocycles. The summed E-state index contributed by atoms with van der Waals surface area (Å²) >= 11 is 2.04. The van der Waals surface area contributed by atoms with Gasteiger partial charge in [-0.2, -0.15) is 25.6 Å². The minimum Gasteiger partial charge on any atom is -0.465 e. The van der Waals surface area contributed by atoms with Crippen molar-refractivity contribution in [3.63, 3.8) is 0 Å². The molecule has 0 aromatic carbocycles. The predicted octanol–water partition coefficient (Wildman–Crippen LogP) is 8.95. The van der Waals surface area contributed by atoms with Gasteiger partial charge in [0.25, 0.3) is 20.0 Å². The summed E-state index contributed by atoms with van der Waals surface area (Å²) in [5.41, 5.74) is 1.13. The van der Waals surface area contributed by atoms with Gasteiger partial charge in [0.1, 0.15) is 8.42 Å². The normalized spacial score (nSPS) is 11.8. The van der Waals surface area contributed by atoms with Crippen molar-refractivity contribution in [2.75, 3.05) is 13.6 Å². The molecule has 0 saturated heterocycles. The van der Waals surface area contributed by atoms with Crippen LogP contribution in [0, 0.1) is 17.3 Å². The summed E-state index contributed by atoms with van der Waals surface area (Å²) in [6, 6.07) is 18.5. The van der Waals surface area contributed by atoms with Gasteiger partial charge >= 0.3 is 6.09 Å². The van der Waals surface area contributed by atoms with Crippen molar-refractivity contribution in [1.29, 1.82) is 0 Å². The first kappa shape index (κ1) is 47.4. The maximum Gasteiger partial charge on any atom is 0.407 e. The number of nitrogens with one attached hydrogen (secondary N) is 1. The summed E-state index contributed by atoms with van der Waals surface area (Å²) in [5, 5.41) is 19.9. The van der Waals surface area contributed by atoms with Gasteiger partial charge in [0, 0.05) is 50.0 Å². The zero-order chi connectivity index (χ0) is 45.1. The lowest BCUT2D eigenvalue weighted by Gasteiger charge is -2.27. The Morgan fingerprint density at radius 1 is 0.750 bits per heavy atom. The molecule has 8 aromatic rings. The van der Waals surface area contributed by atoms with Crippen LogP contribution < -0.4 is 5.32 Å². The molecule has 0 radical (unpaired) electrons. The van der Waals surface area contributed by atoms with Crippen LogP contribution in [0.25, 0.3) is 43.8 Å². The van der Waals surface area contributed by atoms with E-state index in [1.807, 2.05) is 20.8 Å². The highest BCUT2D eigenvalue weighted by atomic mass is 35.5. The van der Waals surface area contributed by atoms with E-state index in [0.717, 1.165) is 30.6 Å². The molecule has 2 N–H and O–H groups in total. The minimum absolute atomic E-state index is 0. The summed E-state index contributed by atoms with van der Waals surface area (Å²) in [6.07, 6.45) is 7.20. The maximum absolute atomic E-state index is 14.6. The number of thiophene rings is 2. The third-order valence-corrected chi connectivity index (χ3v) is 15.5. The van der Waals surface area contributed by atoms with Crippen LogP contribution in [0.3, 0.4) is 0 Å². The first-order valence-electron chi connectivity index (χ1n) is 18.8. The predicted molar refractivity (Wildman–Crippen MR) is 238 cm³/mol. The van der Waals surface area contributed by atoms with Gasteiger partial charge in [0.2, 0.25) is 11.9 Å². The summed E-state index contributed by atoms with van der Waals surface area (Å²) < 4.78 is 95.1. The van der Waals surface area contributed by atoms with Crippen molar-refractivity contribution in [2.24, 2.45) is 5.41 Å². The van der Waals surface area contributed by atoms with Gasteiger partial charge in [0.05, 0.1) is 51.2 Å². The number of rotatable bonds is 13. The van der Waals surface area contributed by atoms with Gasteiger partial charge in [-0.3, -0.25) is 0 Å². The van der Waals surface area contributed by atoms with Gasteiger partial charge < -0.3 is 24.4 Å². The molecule has 0 unspecified atom stereocenters. The van der Waals surface area contributed by atoms with Crippen molar-refractivity contribution in [3.8, 4) is 43.8 Å². The van der Waals surface area contributed by atoms with Crippen LogP contribution in [0.5, 0.6) is 0 Å². The fourth-order valence-electron chi connectivity index (χ4n) is 6.37. The van der Waals surface area contributed by atoms with Crippen LogP contribution in [0.2, 0.25) is 0 Å². The fourth-order valence-corrected chi connectivity index (χ4v) is 11.9. The van der Waals surface area contributed by atoms with Crippen molar-refractivity contribution in [2.45, 2.75) is 42.3 Å². The summed E-state index contributed by atoms with van der Waals surface area (Å²) in [5.74, 6) is -0.677. The smallest absolute Gasteiger partial charge is 0.407 e. The summed E-state index contributed by atoms with van der Waals surface area (Å²) in [7, 11) is -6.36. The zero-order valence-corrected chi connectivity index (χ0v) is 38.3. The van der Waals surface area contributed by atoms with Gasteiger partial charge in [-0.05, 0) is 84.3 Å². The lowest BCUT2D eigenvalue weighted by atomic mass is 9.96. The van der Waals surface area contributed by atoms with E-state index in [-0.39, 0.29) is 61.8 Å². The van der Waals surface area contributed by atoms with Crippen molar-refractivity contribution < 1.29 is 44.6 Å². The first-order chi connectivity index (χ1) is 30.0.